The summed E-state index contributed by atoms with van der Waals surface area (Å²) in [6.45, 7) is 0. The van der Waals surface area contributed by atoms with Crippen LogP contribution < -0.4 is 24.0 Å². The van der Waals surface area contributed by atoms with Crippen LogP contribution in [-0.2, 0) is 0 Å². The third-order valence-corrected chi connectivity index (χ3v) is 7.18. The summed E-state index contributed by atoms with van der Waals surface area (Å²) in [5, 5.41) is 0.847. The molecule has 0 N–H and O–H groups in total. The minimum Gasteiger partial charge on any atom is -1.00 e. The predicted molar refractivity (Wildman–Crippen MR) is 106 cm³/mol. The molecule has 0 aromatic heterocycles. The van der Waals surface area contributed by atoms with Crippen LogP contribution >= 0.6 is 11.6 Å². The molecule has 3 heteroatoms. The molecule has 2 fully saturated rings. The molecule has 2 aromatic carbocycles. The molecule has 0 saturated carbocycles. The first-order chi connectivity index (χ1) is 12.0. The maximum atomic E-state index is 6.31. The minimum atomic E-state index is 0. The monoisotopic (exact) mass is 481 g/mol. The summed E-state index contributed by atoms with van der Waals surface area (Å²) in [6, 6.07) is 21.2. The van der Waals surface area contributed by atoms with Gasteiger partial charge in [-0.15, -0.1) is 0 Å². The third-order valence-electron chi connectivity index (χ3n) is 6.95. The van der Waals surface area contributed by atoms with Gasteiger partial charge in [0.1, 0.15) is 0 Å². The molecule has 1 nitrogen and oxygen atoms in total. The highest BCUT2D eigenvalue weighted by Crippen LogP contribution is 2.46. The average molecular weight is 482 g/mol. The topological polar surface area (TPSA) is 0 Å². The number of nitrogens with zero attached hydrogens (tertiary/aromatic N) is 1. The van der Waals surface area contributed by atoms with Crippen molar-refractivity contribution in [3.63, 3.8) is 0 Å². The largest absolute Gasteiger partial charge is 1.00 e. The maximum absolute atomic E-state index is 6.31. The lowest BCUT2D eigenvalue weighted by Gasteiger charge is -2.45. The van der Waals surface area contributed by atoms with E-state index in [1.54, 1.807) is 0 Å². The molecule has 2 saturated heterocycles. The lowest BCUT2D eigenvalue weighted by atomic mass is 9.78. The van der Waals surface area contributed by atoms with E-state index >= 15 is 0 Å². The van der Waals surface area contributed by atoms with Gasteiger partial charge < -0.3 is 28.5 Å². The van der Waals surface area contributed by atoms with E-state index in [9.17, 15) is 0 Å². The molecule has 140 valence electrons. The SMILES string of the molecule is C[N+]1(C)[C@H]2CC[C@H]1CC(CC(c1ccccc1)c1cccc(Cl)c1)C2.[I-]. The number of benzene rings is 2. The van der Waals surface area contributed by atoms with Crippen LogP contribution in [0.5, 0.6) is 0 Å². The van der Waals surface area contributed by atoms with Gasteiger partial charge in [-0.3, -0.25) is 0 Å². The van der Waals surface area contributed by atoms with E-state index in [0.717, 1.165) is 23.0 Å². The molecule has 2 heterocycles. The van der Waals surface area contributed by atoms with Crippen LogP contribution in [0.2, 0.25) is 5.02 Å². The van der Waals surface area contributed by atoms with Gasteiger partial charge in [0.05, 0.1) is 26.2 Å². The highest BCUT2D eigenvalue weighted by atomic mass is 127. The number of hydrogen-bond acceptors (Lipinski definition) is 0. The molecular weight excluding hydrogens is 453 g/mol. The first kappa shape index (κ1) is 20.2. The summed E-state index contributed by atoms with van der Waals surface area (Å²) in [5.74, 6) is 1.28. The van der Waals surface area contributed by atoms with E-state index in [4.69, 9.17) is 11.6 Å². The molecule has 2 bridgehead atoms. The number of halogens is 2. The Kier molecular flexibility index (Phi) is 6.36. The van der Waals surface area contributed by atoms with Crippen LogP contribution in [0.3, 0.4) is 0 Å². The third kappa shape index (κ3) is 3.98. The van der Waals surface area contributed by atoms with Gasteiger partial charge in [-0.1, -0.05) is 54.1 Å². The van der Waals surface area contributed by atoms with Gasteiger partial charge in [0.15, 0.2) is 0 Å². The normalized spacial score (nSPS) is 27.6. The molecule has 0 aliphatic carbocycles. The Balaban J connectivity index is 0.00000196. The second-order valence-electron chi connectivity index (χ2n) is 8.61. The lowest BCUT2D eigenvalue weighted by molar-refractivity contribution is -0.931. The Hall–Kier alpha value is -0.580. The van der Waals surface area contributed by atoms with E-state index in [1.807, 2.05) is 6.07 Å². The Morgan fingerprint density at radius 3 is 2.15 bits per heavy atom. The van der Waals surface area contributed by atoms with Crippen LogP contribution in [0.15, 0.2) is 54.6 Å². The fraction of sp³-hybridized carbons (Fsp3) is 0.478. The van der Waals surface area contributed by atoms with Gasteiger partial charge in [0, 0.05) is 36.6 Å². The summed E-state index contributed by atoms with van der Waals surface area (Å²) < 4.78 is 1.25. The van der Waals surface area contributed by atoms with Crippen molar-refractivity contribution in [1.82, 2.24) is 0 Å². The second-order valence-corrected chi connectivity index (χ2v) is 9.04. The highest BCUT2D eigenvalue weighted by Gasteiger charge is 2.48. The zero-order valence-electron chi connectivity index (χ0n) is 15.7. The number of hydrogen-bond donors (Lipinski definition) is 0. The van der Waals surface area contributed by atoms with Crippen molar-refractivity contribution in [2.75, 3.05) is 14.1 Å². The predicted octanol–water partition coefficient (Wildman–Crippen LogP) is 2.88. The van der Waals surface area contributed by atoms with E-state index < -0.39 is 0 Å². The molecule has 2 aromatic rings. The van der Waals surface area contributed by atoms with Crippen molar-refractivity contribution in [1.29, 1.82) is 0 Å². The van der Waals surface area contributed by atoms with E-state index in [1.165, 1.54) is 47.7 Å². The molecule has 0 spiro atoms. The number of fused-ring (bicyclic) bond motifs is 2. The van der Waals surface area contributed by atoms with Crippen LogP contribution in [0.25, 0.3) is 0 Å². The Morgan fingerprint density at radius 2 is 1.54 bits per heavy atom. The number of quaternary nitrogens is 1. The smallest absolute Gasteiger partial charge is 0.0893 e. The van der Waals surface area contributed by atoms with Crippen LogP contribution in [-0.4, -0.2) is 30.7 Å². The summed E-state index contributed by atoms with van der Waals surface area (Å²) in [4.78, 5) is 0. The molecule has 1 unspecified atom stereocenters. The zero-order chi connectivity index (χ0) is 17.4. The molecule has 4 rings (SSSR count). The van der Waals surface area contributed by atoms with Gasteiger partial charge in [-0.2, -0.15) is 0 Å². The van der Waals surface area contributed by atoms with Gasteiger partial charge in [0.2, 0.25) is 0 Å². The highest BCUT2D eigenvalue weighted by molar-refractivity contribution is 6.30. The van der Waals surface area contributed by atoms with Crippen LogP contribution in [0.4, 0.5) is 0 Å². The summed E-state index contributed by atoms with van der Waals surface area (Å²) in [7, 11) is 4.90. The quantitative estimate of drug-likeness (QED) is 0.465. The fourth-order valence-corrected chi connectivity index (χ4v) is 5.59. The average Bonchev–Trinajstić information content (AvgIpc) is 2.78. The zero-order valence-corrected chi connectivity index (χ0v) is 18.7. The number of piperidine rings is 1. The Labute approximate surface area is 180 Å². The summed E-state index contributed by atoms with van der Waals surface area (Å²) >= 11 is 6.31. The first-order valence-electron chi connectivity index (χ1n) is 9.68. The molecular formula is C23H29ClIN. The van der Waals surface area contributed by atoms with Crippen molar-refractivity contribution in [2.24, 2.45) is 5.92 Å². The van der Waals surface area contributed by atoms with Crippen molar-refractivity contribution in [3.8, 4) is 0 Å². The van der Waals surface area contributed by atoms with Crippen molar-refractivity contribution >= 4 is 11.6 Å². The van der Waals surface area contributed by atoms with Gasteiger partial charge in [-0.25, -0.2) is 0 Å². The lowest BCUT2D eigenvalue weighted by Crippen LogP contribution is -3.00. The minimum absolute atomic E-state index is 0. The molecule has 2 aliphatic heterocycles. The van der Waals surface area contributed by atoms with Crippen molar-refractivity contribution < 1.29 is 28.5 Å². The summed E-state index contributed by atoms with van der Waals surface area (Å²) in [6.07, 6.45) is 6.85. The first-order valence-corrected chi connectivity index (χ1v) is 10.1. The maximum Gasteiger partial charge on any atom is 0.0893 e. The fourth-order valence-electron chi connectivity index (χ4n) is 5.39. The Bertz CT molecular complexity index is 714. The summed E-state index contributed by atoms with van der Waals surface area (Å²) in [5.41, 5.74) is 2.79. The Morgan fingerprint density at radius 1 is 0.923 bits per heavy atom. The second kappa shape index (κ2) is 8.20. The number of rotatable bonds is 4. The van der Waals surface area contributed by atoms with E-state index in [-0.39, 0.29) is 24.0 Å². The van der Waals surface area contributed by atoms with Crippen LogP contribution in [0.1, 0.15) is 49.1 Å². The standard InChI is InChI=1S/C23H29ClN.HI/c1-25(2)21-11-12-22(25)14-17(13-21)15-23(18-7-4-3-5-8-18)19-9-6-10-20(24)16-19;/h3-10,16-17,21-23H,11-15H2,1-2H3;1H/q+1;/p-1/t21-,22-,23?;/m0./s1. The van der Waals surface area contributed by atoms with Gasteiger partial charge >= 0.3 is 0 Å². The molecule has 26 heavy (non-hydrogen) atoms. The van der Waals surface area contributed by atoms with Gasteiger partial charge in [0.25, 0.3) is 0 Å². The molecule has 0 radical (unpaired) electrons. The van der Waals surface area contributed by atoms with Crippen molar-refractivity contribution in [3.05, 3.63) is 70.7 Å². The molecule has 2 aliphatic rings. The molecule has 0 amide bonds. The molecule has 3 atom stereocenters. The van der Waals surface area contributed by atoms with Gasteiger partial charge in [-0.05, 0) is 35.6 Å². The van der Waals surface area contributed by atoms with E-state index in [2.05, 4.69) is 62.6 Å². The van der Waals surface area contributed by atoms with Crippen LogP contribution in [0, 0.1) is 5.92 Å². The van der Waals surface area contributed by atoms with E-state index in [0.29, 0.717) is 5.92 Å². The van der Waals surface area contributed by atoms with Crippen molar-refractivity contribution in [2.45, 2.75) is 50.1 Å².